The average molecular weight is 673 g/mol. The normalized spacial score (nSPS) is 27.2. The first kappa shape index (κ1) is 33.8. The van der Waals surface area contributed by atoms with Crippen LogP contribution in [0.1, 0.15) is 46.1 Å². The second-order valence-corrected chi connectivity index (χ2v) is 15.5. The molecule has 0 amide bonds. The summed E-state index contributed by atoms with van der Waals surface area (Å²) in [4.78, 5) is 31.6. The summed E-state index contributed by atoms with van der Waals surface area (Å²) in [5.41, 5.74) is 2.36. The number of hydrogen-bond donors (Lipinski definition) is 2. The maximum Gasteiger partial charge on any atom is 0.262 e. The lowest BCUT2D eigenvalue weighted by atomic mass is 9.45. The molecule has 3 saturated carbocycles. The number of fused-ring (bicyclic) bond motifs is 3. The Bertz CT molecular complexity index is 1770. The van der Waals surface area contributed by atoms with Crippen LogP contribution >= 0.6 is 0 Å². The van der Waals surface area contributed by atoms with Crippen LogP contribution in [0.15, 0.2) is 46.2 Å². The first-order chi connectivity index (χ1) is 23.5. The van der Waals surface area contributed by atoms with Crippen LogP contribution in [-0.4, -0.2) is 97.4 Å². The molecule has 2 saturated heterocycles. The summed E-state index contributed by atoms with van der Waals surface area (Å²) < 4.78 is 21.8. The van der Waals surface area contributed by atoms with Gasteiger partial charge in [-0.15, -0.1) is 0 Å². The van der Waals surface area contributed by atoms with Crippen molar-refractivity contribution in [1.82, 2.24) is 24.7 Å². The van der Waals surface area contributed by atoms with Crippen molar-refractivity contribution in [3.63, 3.8) is 0 Å². The molecular formula is C38H53FN8O2. The largest absolute Gasteiger partial charge is 0.497 e. The number of piperazine rings is 2. The summed E-state index contributed by atoms with van der Waals surface area (Å²) in [7, 11) is 3.63. The minimum atomic E-state index is -0.335. The zero-order chi connectivity index (χ0) is 34.4. The predicted molar refractivity (Wildman–Crippen MR) is 195 cm³/mol. The fraction of sp³-hybridized carbons (Fsp3) is 0.605. The number of methoxy groups -OCH3 is 1. The third kappa shape index (κ3) is 6.64. The van der Waals surface area contributed by atoms with Crippen molar-refractivity contribution in [2.24, 2.45) is 28.2 Å². The Morgan fingerprint density at radius 3 is 2.59 bits per heavy atom. The standard InChI is InChI=1S/C38H53FN8O2/c1-24-23-46(14-12-40-24)36(42-33-20-27-19-31(25(33)2)38(27,3)4)41-28-8-10-30-34(21-28)43-37(45-17-15-44(5)16-18-45)47(35(30)48)13-11-26-7-9-29(49-6)22-32(26)39/h7-10,21-22,24-25,27,31,33,40H,11-20,23H2,1-6H3,(H,41,42)/t24-,25-,27+,31+,33?/m0/s1. The van der Waals surface area contributed by atoms with Gasteiger partial charge < -0.3 is 30.1 Å². The number of benzene rings is 2. The SMILES string of the molecule is COc1ccc(CCn2c(N3CCN(C)CC3)nc3cc(NC(=NC4C[C@H]5C[C@H]([C@@H]4C)C5(C)C)N4CCN[C@@H](C)C4)ccc3c2=O)c(F)c1. The summed E-state index contributed by atoms with van der Waals surface area (Å²) in [6.45, 7) is 15.8. The van der Waals surface area contributed by atoms with E-state index in [4.69, 9.17) is 14.7 Å². The maximum absolute atomic E-state index is 14.9. The Balaban J connectivity index is 1.21. The highest BCUT2D eigenvalue weighted by molar-refractivity contribution is 5.96. The number of aliphatic imine (C=N–C) groups is 1. The van der Waals surface area contributed by atoms with E-state index in [0.29, 0.717) is 64.4 Å². The van der Waals surface area contributed by atoms with Crippen LogP contribution in [0.4, 0.5) is 16.0 Å². The molecule has 0 spiro atoms. The molecule has 3 aromatic rings. The molecule has 49 heavy (non-hydrogen) atoms. The number of nitrogens with one attached hydrogen (secondary N) is 2. The van der Waals surface area contributed by atoms with Crippen LogP contribution in [0.3, 0.4) is 0 Å². The summed E-state index contributed by atoms with van der Waals surface area (Å²) >= 11 is 0. The summed E-state index contributed by atoms with van der Waals surface area (Å²) in [6.07, 6.45) is 2.82. The zero-order valence-electron chi connectivity index (χ0n) is 30.0. The molecule has 1 aromatic heterocycles. The minimum absolute atomic E-state index is 0.109. The number of guanidine groups is 1. The molecule has 3 heterocycles. The van der Waals surface area contributed by atoms with Gasteiger partial charge in [0.15, 0.2) is 5.96 Å². The molecule has 264 valence electrons. The van der Waals surface area contributed by atoms with E-state index in [-0.39, 0.29) is 17.4 Å². The van der Waals surface area contributed by atoms with E-state index in [2.05, 4.69) is 60.1 Å². The van der Waals surface area contributed by atoms with E-state index < -0.39 is 0 Å². The van der Waals surface area contributed by atoms with E-state index in [9.17, 15) is 9.18 Å². The third-order valence-corrected chi connectivity index (χ3v) is 12.1. The van der Waals surface area contributed by atoms with E-state index in [0.717, 1.165) is 69.8 Å². The van der Waals surface area contributed by atoms with Gasteiger partial charge in [0, 0.05) is 70.2 Å². The molecular weight excluding hydrogens is 619 g/mol. The second-order valence-electron chi connectivity index (χ2n) is 15.5. The Morgan fingerprint density at radius 1 is 1.10 bits per heavy atom. The van der Waals surface area contributed by atoms with Crippen molar-refractivity contribution >= 4 is 28.5 Å². The van der Waals surface area contributed by atoms with Crippen molar-refractivity contribution in [1.29, 1.82) is 0 Å². The highest BCUT2D eigenvalue weighted by Crippen LogP contribution is 2.61. The summed E-state index contributed by atoms with van der Waals surface area (Å²) in [5, 5.41) is 7.83. The lowest BCUT2D eigenvalue weighted by Gasteiger charge is -2.61. The van der Waals surface area contributed by atoms with Gasteiger partial charge in [0.25, 0.3) is 5.56 Å². The van der Waals surface area contributed by atoms with E-state index >= 15 is 0 Å². The Labute approximate surface area is 289 Å². The molecule has 0 radical (unpaired) electrons. The van der Waals surface area contributed by atoms with E-state index in [1.165, 1.54) is 19.6 Å². The van der Waals surface area contributed by atoms with Crippen molar-refractivity contribution in [3.05, 3.63) is 58.1 Å². The molecule has 10 nitrogen and oxygen atoms in total. The van der Waals surface area contributed by atoms with E-state index in [1.54, 1.807) is 16.7 Å². The number of aromatic nitrogens is 2. The lowest BCUT2D eigenvalue weighted by Crippen LogP contribution is -2.57. The number of halogens is 1. The molecule has 1 unspecified atom stereocenters. The molecule has 2 aliphatic heterocycles. The van der Waals surface area contributed by atoms with Gasteiger partial charge >= 0.3 is 0 Å². The third-order valence-electron chi connectivity index (χ3n) is 12.1. The second kappa shape index (κ2) is 13.5. The van der Waals surface area contributed by atoms with Crippen molar-refractivity contribution in [2.75, 3.05) is 70.2 Å². The van der Waals surface area contributed by atoms with Gasteiger partial charge in [-0.1, -0.05) is 26.8 Å². The minimum Gasteiger partial charge on any atom is -0.497 e. The maximum atomic E-state index is 14.9. The quantitative estimate of drug-likeness (QED) is 0.277. The van der Waals surface area contributed by atoms with Crippen molar-refractivity contribution in [3.8, 4) is 5.75 Å². The number of rotatable bonds is 7. The molecule has 2 N–H and O–H groups in total. The lowest BCUT2D eigenvalue weighted by molar-refractivity contribution is -0.108. The first-order valence-corrected chi connectivity index (χ1v) is 18.2. The Hall–Kier alpha value is -3.70. The number of ether oxygens (including phenoxy) is 1. The molecule has 8 rings (SSSR count). The monoisotopic (exact) mass is 672 g/mol. The number of aryl methyl sites for hydroxylation is 1. The van der Waals surface area contributed by atoms with Gasteiger partial charge in [0.1, 0.15) is 11.6 Å². The number of hydrogen-bond acceptors (Lipinski definition) is 7. The van der Waals surface area contributed by atoms with Crippen molar-refractivity contribution < 1.29 is 9.13 Å². The fourth-order valence-electron chi connectivity index (χ4n) is 8.72. The highest BCUT2D eigenvalue weighted by atomic mass is 19.1. The van der Waals surface area contributed by atoms with Crippen LogP contribution in [0, 0.1) is 29.0 Å². The van der Waals surface area contributed by atoms with Gasteiger partial charge in [-0.25, -0.2) is 14.4 Å². The highest BCUT2D eigenvalue weighted by Gasteiger charge is 2.56. The van der Waals surface area contributed by atoms with Crippen LogP contribution in [0.25, 0.3) is 10.9 Å². The van der Waals surface area contributed by atoms with Gasteiger partial charge in [-0.3, -0.25) is 9.36 Å². The molecule has 2 bridgehead atoms. The van der Waals surface area contributed by atoms with Crippen LogP contribution < -0.4 is 25.8 Å². The van der Waals surface area contributed by atoms with Crippen molar-refractivity contribution in [2.45, 2.75) is 65.6 Å². The average Bonchev–Trinajstić information content (AvgIpc) is 3.08. The molecule has 5 fully saturated rings. The van der Waals surface area contributed by atoms with Crippen LogP contribution in [-0.2, 0) is 13.0 Å². The summed E-state index contributed by atoms with van der Waals surface area (Å²) in [5.74, 6) is 3.67. The smallest absolute Gasteiger partial charge is 0.262 e. The Kier molecular flexibility index (Phi) is 9.34. The topological polar surface area (TPSA) is 90.3 Å². The van der Waals surface area contributed by atoms with Crippen LogP contribution in [0.2, 0.25) is 0 Å². The fourth-order valence-corrected chi connectivity index (χ4v) is 8.72. The molecule has 3 aliphatic carbocycles. The number of likely N-dealkylation sites (N-methyl/N-ethyl adjacent to an activating group) is 1. The van der Waals surface area contributed by atoms with Gasteiger partial charge in [0.05, 0.1) is 24.1 Å². The predicted octanol–water partition coefficient (Wildman–Crippen LogP) is 4.67. The number of anilines is 2. The van der Waals surface area contributed by atoms with E-state index in [1.807, 2.05) is 18.2 Å². The molecule has 11 heteroatoms. The van der Waals surface area contributed by atoms with Gasteiger partial charge in [-0.2, -0.15) is 0 Å². The summed E-state index contributed by atoms with van der Waals surface area (Å²) in [6, 6.07) is 11.4. The number of nitrogens with zero attached hydrogens (tertiary/aromatic N) is 6. The Morgan fingerprint density at radius 2 is 1.90 bits per heavy atom. The van der Waals surface area contributed by atoms with Gasteiger partial charge in [0.2, 0.25) is 5.95 Å². The first-order valence-electron chi connectivity index (χ1n) is 18.2. The molecule has 2 aromatic carbocycles. The molecule has 5 aliphatic rings. The van der Waals surface area contributed by atoms with Crippen LogP contribution in [0.5, 0.6) is 5.75 Å². The molecule has 5 atom stereocenters. The zero-order valence-corrected chi connectivity index (χ0v) is 30.0. The van der Waals surface area contributed by atoms with Gasteiger partial charge in [-0.05, 0) is 86.2 Å².